The van der Waals surface area contributed by atoms with E-state index in [2.05, 4.69) is 36.2 Å². The lowest BCUT2D eigenvalue weighted by atomic mass is 9.99. The predicted octanol–water partition coefficient (Wildman–Crippen LogP) is 5.24. The highest BCUT2D eigenvalue weighted by Gasteiger charge is 2.22. The molecule has 0 saturated carbocycles. The second-order valence-corrected chi connectivity index (χ2v) is 9.47. The Morgan fingerprint density at radius 2 is 1.71 bits per heavy atom. The first kappa shape index (κ1) is 23.8. The number of thiophene rings is 1. The fourth-order valence-electron chi connectivity index (χ4n) is 3.95. The van der Waals surface area contributed by atoms with Crippen molar-refractivity contribution in [3.05, 3.63) is 76.5 Å². The van der Waals surface area contributed by atoms with Gasteiger partial charge >= 0.3 is 0 Å². The van der Waals surface area contributed by atoms with Gasteiger partial charge in [0.05, 0.1) is 4.88 Å². The lowest BCUT2D eigenvalue weighted by Crippen LogP contribution is -2.48. The maximum Gasteiger partial charge on any atom is 0.264 e. The van der Waals surface area contributed by atoms with Crippen LogP contribution in [0.15, 0.2) is 66.0 Å². The molecule has 0 spiro atoms. The molecule has 1 saturated heterocycles. The lowest BCUT2D eigenvalue weighted by Gasteiger charge is -2.36. The molecule has 178 valence electrons. The van der Waals surface area contributed by atoms with Gasteiger partial charge in [0.15, 0.2) is 6.61 Å². The molecule has 1 aliphatic rings. The molecule has 2 heterocycles. The van der Waals surface area contributed by atoms with Crippen LogP contribution < -0.4 is 15.0 Å². The van der Waals surface area contributed by atoms with Crippen LogP contribution in [-0.2, 0) is 4.79 Å². The van der Waals surface area contributed by atoms with Gasteiger partial charge in [-0.3, -0.25) is 9.59 Å². The molecule has 0 unspecified atom stereocenters. The van der Waals surface area contributed by atoms with E-state index >= 15 is 0 Å². The third kappa shape index (κ3) is 5.97. The van der Waals surface area contributed by atoms with E-state index in [4.69, 9.17) is 4.74 Å². The quantitative estimate of drug-likeness (QED) is 0.482. The Balaban J connectivity index is 1.23. The molecular weight excluding hydrogens is 446 g/mol. The molecule has 6 nitrogen and oxygen atoms in total. The van der Waals surface area contributed by atoms with Gasteiger partial charge in [-0.1, -0.05) is 32.0 Å². The van der Waals surface area contributed by atoms with E-state index in [1.54, 1.807) is 0 Å². The van der Waals surface area contributed by atoms with Crippen molar-refractivity contribution in [1.82, 2.24) is 4.90 Å². The molecule has 2 amide bonds. The Morgan fingerprint density at radius 1 is 1.00 bits per heavy atom. The molecule has 34 heavy (non-hydrogen) atoms. The third-order valence-electron chi connectivity index (χ3n) is 6.25. The largest absolute Gasteiger partial charge is 0.484 e. The van der Waals surface area contributed by atoms with E-state index in [1.165, 1.54) is 16.9 Å². The van der Waals surface area contributed by atoms with Gasteiger partial charge in [0, 0.05) is 37.6 Å². The minimum absolute atomic E-state index is 0.0370. The number of carbonyl (C=O) groups is 2. The molecule has 4 rings (SSSR count). The zero-order chi connectivity index (χ0) is 23.9. The summed E-state index contributed by atoms with van der Waals surface area (Å²) in [7, 11) is 0. The van der Waals surface area contributed by atoms with E-state index in [1.807, 2.05) is 58.8 Å². The van der Waals surface area contributed by atoms with Crippen molar-refractivity contribution >= 4 is 34.5 Å². The number of ether oxygens (including phenoxy) is 1. The number of nitrogens with zero attached hydrogens (tertiary/aromatic N) is 2. The minimum atomic E-state index is -0.195. The number of nitrogens with one attached hydrogen (secondary N) is 1. The van der Waals surface area contributed by atoms with Gasteiger partial charge in [0.1, 0.15) is 5.75 Å². The molecule has 1 aliphatic heterocycles. The molecule has 2 aromatic carbocycles. The first-order valence-corrected chi connectivity index (χ1v) is 12.6. The summed E-state index contributed by atoms with van der Waals surface area (Å²) in [5.41, 5.74) is 3.09. The van der Waals surface area contributed by atoms with Crippen LogP contribution in [0.2, 0.25) is 0 Å². The van der Waals surface area contributed by atoms with Crippen LogP contribution in [0.4, 0.5) is 11.4 Å². The van der Waals surface area contributed by atoms with E-state index in [9.17, 15) is 9.59 Å². The van der Waals surface area contributed by atoms with Crippen molar-refractivity contribution in [3.63, 3.8) is 0 Å². The Kier molecular flexibility index (Phi) is 7.85. The Hall–Kier alpha value is -3.32. The van der Waals surface area contributed by atoms with Gasteiger partial charge in [-0.25, -0.2) is 0 Å². The highest BCUT2D eigenvalue weighted by molar-refractivity contribution is 7.12. The van der Waals surface area contributed by atoms with Crippen LogP contribution >= 0.6 is 11.3 Å². The monoisotopic (exact) mass is 477 g/mol. The van der Waals surface area contributed by atoms with Crippen molar-refractivity contribution in [2.75, 3.05) is 43.0 Å². The van der Waals surface area contributed by atoms with Crippen molar-refractivity contribution in [2.24, 2.45) is 0 Å². The van der Waals surface area contributed by atoms with E-state index < -0.39 is 0 Å². The summed E-state index contributed by atoms with van der Waals surface area (Å²) in [4.78, 5) is 29.8. The summed E-state index contributed by atoms with van der Waals surface area (Å²) in [6.45, 7) is 7.29. The number of hydrogen-bond donors (Lipinski definition) is 1. The highest BCUT2D eigenvalue weighted by atomic mass is 32.1. The molecular formula is C27H31N3O3S. The molecule has 1 fully saturated rings. The van der Waals surface area contributed by atoms with Gasteiger partial charge in [0.2, 0.25) is 0 Å². The van der Waals surface area contributed by atoms with Gasteiger partial charge in [-0.15, -0.1) is 11.3 Å². The summed E-state index contributed by atoms with van der Waals surface area (Å²) in [6.07, 6.45) is 1.09. The average Bonchev–Trinajstić information content (AvgIpc) is 3.43. The standard InChI is InChI=1S/C27H31N3O3S/c1-3-20(2)21-6-12-24(13-7-21)33-19-26(31)28-22-8-10-23(11-9-22)29-14-16-30(17-15-29)27(32)25-5-4-18-34-25/h4-13,18,20H,3,14-17,19H2,1-2H3,(H,28,31)/t20-/m1/s1. The first-order valence-electron chi connectivity index (χ1n) is 11.7. The van der Waals surface area contributed by atoms with Gasteiger partial charge in [-0.05, 0) is 65.7 Å². The fourth-order valence-corrected chi connectivity index (χ4v) is 4.64. The molecule has 1 atom stereocenters. The first-order chi connectivity index (χ1) is 16.5. The Labute approximate surface area is 205 Å². The minimum Gasteiger partial charge on any atom is -0.484 e. The smallest absolute Gasteiger partial charge is 0.264 e. The van der Waals surface area contributed by atoms with Crippen molar-refractivity contribution in [3.8, 4) is 5.75 Å². The third-order valence-corrected chi connectivity index (χ3v) is 7.10. The molecule has 1 N–H and O–H groups in total. The van der Waals surface area contributed by atoms with E-state index in [-0.39, 0.29) is 18.4 Å². The average molecular weight is 478 g/mol. The molecule has 0 radical (unpaired) electrons. The molecule has 0 aliphatic carbocycles. The number of anilines is 2. The SMILES string of the molecule is CC[C@@H](C)c1ccc(OCC(=O)Nc2ccc(N3CCN(C(=O)c4cccs4)CC3)cc2)cc1. The van der Waals surface area contributed by atoms with Crippen LogP contribution in [0.5, 0.6) is 5.75 Å². The Bertz CT molecular complexity index is 1070. The van der Waals surface area contributed by atoms with Crippen molar-refractivity contribution < 1.29 is 14.3 Å². The van der Waals surface area contributed by atoms with Crippen LogP contribution in [0.1, 0.15) is 41.4 Å². The number of hydrogen-bond acceptors (Lipinski definition) is 5. The summed E-state index contributed by atoms with van der Waals surface area (Å²) in [5.74, 6) is 1.12. The summed E-state index contributed by atoms with van der Waals surface area (Å²) < 4.78 is 5.63. The van der Waals surface area contributed by atoms with Crippen molar-refractivity contribution in [2.45, 2.75) is 26.2 Å². The number of rotatable bonds is 8. The van der Waals surface area contributed by atoms with Gasteiger partial charge in [-0.2, -0.15) is 0 Å². The summed E-state index contributed by atoms with van der Waals surface area (Å²) >= 11 is 1.48. The zero-order valence-corrected chi connectivity index (χ0v) is 20.5. The zero-order valence-electron chi connectivity index (χ0n) is 19.7. The van der Waals surface area contributed by atoms with Crippen molar-refractivity contribution in [1.29, 1.82) is 0 Å². The van der Waals surface area contributed by atoms with Crippen LogP contribution in [0.25, 0.3) is 0 Å². The van der Waals surface area contributed by atoms with E-state index in [0.717, 1.165) is 35.8 Å². The molecule has 3 aromatic rings. The highest BCUT2D eigenvalue weighted by Crippen LogP contribution is 2.23. The van der Waals surface area contributed by atoms with E-state index in [0.29, 0.717) is 24.8 Å². The lowest BCUT2D eigenvalue weighted by molar-refractivity contribution is -0.118. The molecule has 1 aromatic heterocycles. The Morgan fingerprint density at radius 3 is 2.32 bits per heavy atom. The maximum atomic E-state index is 12.5. The number of carbonyl (C=O) groups excluding carboxylic acids is 2. The fraction of sp³-hybridized carbons (Fsp3) is 0.333. The summed E-state index contributed by atoms with van der Waals surface area (Å²) in [6, 6.07) is 19.5. The second kappa shape index (κ2) is 11.2. The predicted molar refractivity (Wildman–Crippen MR) is 138 cm³/mol. The number of amides is 2. The second-order valence-electron chi connectivity index (χ2n) is 8.52. The number of piperazine rings is 1. The molecule has 0 bridgehead atoms. The maximum absolute atomic E-state index is 12.5. The van der Waals surface area contributed by atoms with Crippen LogP contribution in [-0.4, -0.2) is 49.5 Å². The topological polar surface area (TPSA) is 61.9 Å². The molecule has 7 heteroatoms. The summed E-state index contributed by atoms with van der Waals surface area (Å²) in [5, 5.41) is 4.82. The number of benzene rings is 2. The van der Waals surface area contributed by atoms with Crippen LogP contribution in [0.3, 0.4) is 0 Å². The van der Waals surface area contributed by atoms with Gasteiger partial charge < -0.3 is 19.9 Å². The van der Waals surface area contributed by atoms with Gasteiger partial charge in [0.25, 0.3) is 11.8 Å². The van der Waals surface area contributed by atoms with Crippen LogP contribution in [0, 0.1) is 0 Å². The normalized spacial score (nSPS) is 14.5.